The second-order valence-corrected chi connectivity index (χ2v) is 15.6. The zero-order chi connectivity index (χ0) is 35.8. The first-order valence-corrected chi connectivity index (χ1v) is 19.2. The maximum atomic E-state index is 13.1. The molecule has 0 atom stereocenters. The van der Waals surface area contributed by atoms with E-state index in [1.54, 1.807) is 19.1 Å². The lowest BCUT2D eigenvalue weighted by Gasteiger charge is -2.28. The van der Waals surface area contributed by atoms with Crippen molar-refractivity contribution in [3.63, 3.8) is 0 Å². The Morgan fingerprint density at radius 2 is 1.43 bits per heavy atom. The van der Waals surface area contributed by atoms with E-state index < -0.39 is 10.0 Å². The molecule has 1 fully saturated rings. The Labute approximate surface area is 302 Å². The van der Waals surface area contributed by atoms with Crippen LogP contribution in [-0.2, 0) is 27.9 Å². The van der Waals surface area contributed by atoms with E-state index in [1.165, 1.54) is 28.8 Å². The Morgan fingerprint density at radius 1 is 0.765 bits per heavy atom. The fourth-order valence-corrected chi connectivity index (χ4v) is 7.73. The molecule has 0 aliphatic heterocycles. The van der Waals surface area contributed by atoms with E-state index in [-0.39, 0.29) is 21.9 Å². The lowest BCUT2D eigenvalue weighted by molar-refractivity contribution is -0.121. The zero-order valence-electron chi connectivity index (χ0n) is 28.8. The number of aryl methyl sites for hydroxylation is 2. The van der Waals surface area contributed by atoms with Gasteiger partial charge in [-0.3, -0.25) is 9.52 Å². The van der Waals surface area contributed by atoms with Crippen LogP contribution in [-0.4, -0.2) is 46.0 Å². The van der Waals surface area contributed by atoms with Gasteiger partial charge in [-0.05, 0) is 98.9 Å². The van der Waals surface area contributed by atoms with Crippen LogP contribution in [0.1, 0.15) is 52.9 Å². The summed E-state index contributed by atoms with van der Waals surface area (Å²) in [6.45, 7) is 7.82. The van der Waals surface area contributed by atoms with Crippen LogP contribution in [0.25, 0.3) is 0 Å². The molecule has 15 heteroatoms. The third-order valence-electron chi connectivity index (χ3n) is 9.03. The first-order valence-electron chi connectivity index (χ1n) is 16.9. The Morgan fingerprint density at radius 3 is 2.10 bits per heavy atom. The molecule has 2 aromatic heterocycles. The molecule has 0 radical (unpaired) electrons. The zero-order valence-corrected chi connectivity index (χ0v) is 30.4. The lowest BCUT2D eigenvalue weighted by Crippen LogP contribution is -2.29. The average Bonchev–Trinajstić information content (AvgIpc) is 3.54. The smallest absolute Gasteiger partial charge is 0.263 e. The summed E-state index contributed by atoms with van der Waals surface area (Å²) in [6.07, 6.45) is 3.25. The second-order valence-electron chi connectivity index (χ2n) is 12.7. The van der Waals surface area contributed by atoms with E-state index in [9.17, 15) is 13.2 Å². The number of sulfonamides is 1. The van der Waals surface area contributed by atoms with Crippen molar-refractivity contribution in [1.29, 1.82) is 0 Å². The molecule has 1 aliphatic carbocycles. The van der Waals surface area contributed by atoms with Crippen LogP contribution >= 0.6 is 11.3 Å². The standard InChI is InChI=1S/C36H42N10O3S2/c1-23-8-7-11-29(24(23)2)22-39-35-42-33(37-20-26-9-5-4-6-10-26)41-34(43-35)38-21-27-12-14-28(15-13-27)32(47)40-30-16-18-31(19-17-30)51(48,49)46-36-45-44-25(3)50-36/h4-11,16-19,27-28H,12-15,20-22H2,1-3H3,(H,40,47)(H,45,46)(H3,37,38,39,41,42,43)/t27-,28-. The van der Waals surface area contributed by atoms with Crippen molar-refractivity contribution in [1.82, 2.24) is 25.1 Å². The molecular weight excluding hydrogens is 685 g/mol. The van der Waals surface area contributed by atoms with Gasteiger partial charge in [-0.15, -0.1) is 10.2 Å². The van der Waals surface area contributed by atoms with Crippen LogP contribution in [0.5, 0.6) is 0 Å². The summed E-state index contributed by atoms with van der Waals surface area (Å²) in [4.78, 5) is 27.2. The number of hydrogen-bond donors (Lipinski definition) is 5. The van der Waals surface area contributed by atoms with Gasteiger partial charge in [0.05, 0.1) is 4.90 Å². The van der Waals surface area contributed by atoms with Gasteiger partial charge in [-0.2, -0.15) is 15.0 Å². The maximum absolute atomic E-state index is 13.1. The quantitative estimate of drug-likeness (QED) is 0.0841. The highest BCUT2D eigenvalue weighted by molar-refractivity contribution is 7.93. The number of anilines is 5. The van der Waals surface area contributed by atoms with Gasteiger partial charge in [0.15, 0.2) is 0 Å². The van der Waals surface area contributed by atoms with E-state index in [0.29, 0.717) is 54.1 Å². The molecule has 0 unspecified atom stereocenters. The molecule has 1 saturated carbocycles. The first kappa shape index (κ1) is 35.7. The van der Waals surface area contributed by atoms with E-state index >= 15 is 0 Å². The number of hydrogen-bond acceptors (Lipinski definition) is 12. The summed E-state index contributed by atoms with van der Waals surface area (Å²) in [7, 11) is -3.81. The van der Waals surface area contributed by atoms with Crippen molar-refractivity contribution in [2.75, 3.05) is 32.5 Å². The number of nitrogens with one attached hydrogen (secondary N) is 5. The number of amides is 1. The molecule has 51 heavy (non-hydrogen) atoms. The van der Waals surface area contributed by atoms with Crippen LogP contribution in [0.15, 0.2) is 77.7 Å². The van der Waals surface area contributed by atoms with Crippen molar-refractivity contribution < 1.29 is 13.2 Å². The fourth-order valence-electron chi connectivity index (χ4n) is 5.91. The van der Waals surface area contributed by atoms with Crippen molar-refractivity contribution in [2.45, 2.75) is 64.4 Å². The molecule has 1 aliphatic rings. The summed E-state index contributed by atoms with van der Waals surface area (Å²) >= 11 is 1.15. The van der Waals surface area contributed by atoms with Gasteiger partial charge in [0.1, 0.15) is 5.01 Å². The number of aromatic nitrogens is 5. The Hall–Kier alpha value is -5.15. The van der Waals surface area contributed by atoms with E-state index in [1.807, 2.05) is 18.2 Å². The minimum atomic E-state index is -3.81. The molecule has 5 aromatic rings. The Balaban J connectivity index is 1.01. The van der Waals surface area contributed by atoms with Gasteiger partial charge in [-0.1, -0.05) is 59.9 Å². The minimum Gasteiger partial charge on any atom is -0.354 e. The van der Waals surface area contributed by atoms with Gasteiger partial charge in [0, 0.05) is 31.2 Å². The van der Waals surface area contributed by atoms with Crippen molar-refractivity contribution in [2.24, 2.45) is 11.8 Å². The number of nitrogens with zero attached hydrogens (tertiary/aromatic N) is 5. The molecule has 0 spiro atoms. The molecule has 5 N–H and O–H groups in total. The predicted octanol–water partition coefficient (Wildman–Crippen LogP) is 6.53. The third kappa shape index (κ3) is 9.76. The van der Waals surface area contributed by atoms with Crippen LogP contribution in [0, 0.1) is 32.6 Å². The van der Waals surface area contributed by atoms with E-state index in [4.69, 9.17) is 0 Å². The van der Waals surface area contributed by atoms with Crippen molar-refractivity contribution >= 4 is 55.9 Å². The SMILES string of the molecule is Cc1nnc(NS(=O)(=O)c2ccc(NC(=O)[C@H]3CC[C@H](CNc4nc(NCc5ccccc5)nc(NCc5cccc(C)c5C)n4)CC3)cc2)s1. The van der Waals surface area contributed by atoms with Gasteiger partial charge in [0.2, 0.25) is 28.9 Å². The predicted molar refractivity (Wildman–Crippen MR) is 201 cm³/mol. The molecule has 3 aromatic carbocycles. The Bertz CT molecular complexity index is 2050. The van der Waals surface area contributed by atoms with Crippen LogP contribution in [0.3, 0.4) is 0 Å². The summed E-state index contributed by atoms with van der Waals surface area (Å²) in [6, 6.07) is 22.5. The molecular formula is C36H42N10O3S2. The largest absolute Gasteiger partial charge is 0.354 e. The van der Waals surface area contributed by atoms with E-state index in [2.05, 4.69) is 95.3 Å². The fraction of sp³-hybridized carbons (Fsp3) is 0.333. The molecule has 6 rings (SSSR count). The normalized spacial score (nSPS) is 15.9. The van der Waals surface area contributed by atoms with E-state index in [0.717, 1.165) is 42.6 Å². The van der Waals surface area contributed by atoms with Crippen molar-refractivity contribution in [3.05, 3.63) is 100 Å². The highest BCUT2D eigenvalue weighted by Gasteiger charge is 2.27. The Kier molecular flexibility index (Phi) is 11.4. The summed E-state index contributed by atoms with van der Waals surface area (Å²) in [5.41, 5.74) is 5.32. The topological polar surface area (TPSA) is 176 Å². The van der Waals surface area contributed by atoms with Crippen LogP contribution < -0.4 is 26.0 Å². The van der Waals surface area contributed by atoms with Crippen LogP contribution in [0.4, 0.5) is 28.7 Å². The van der Waals surface area contributed by atoms with Gasteiger partial charge in [0.25, 0.3) is 10.0 Å². The highest BCUT2D eigenvalue weighted by atomic mass is 32.2. The summed E-state index contributed by atoms with van der Waals surface area (Å²) in [5, 5.41) is 21.6. The molecule has 1 amide bonds. The summed E-state index contributed by atoms with van der Waals surface area (Å²) in [5.74, 6) is 1.62. The molecule has 13 nitrogen and oxygen atoms in total. The van der Waals surface area contributed by atoms with Gasteiger partial charge >= 0.3 is 0 Å². The highest BCUT2D eigenvalue weighted by Crippen LogP contribution is 2.30. The van der Waals surface area contributed by atoms with Gasteiger partial charge in [-0.25, -0.2) is 8.42 Å². The summed E-state index contributed by atoms with van der Waals surface area (Å²) < 4.78 is 27.8. The molecule has 2 heterocycles. The minimum absolute atomic E-state index is 0.0642. The average molecular weight is 727 g/mol. The number of benzene rings is 3. The monoisotopic (exact) mass is 726 g/mol. The van der Waals surface area contributed by atoms with Crippen LogP contribution in [0.2, 0.25) is 0 Å². The second kappa shape index (κ2) is 16.2. The number of carbonyl (C=O) groups is 1. The first-order chi connectivity index (χ1) is 24.6. The van der Waals surface area contributed by atoms with Crippen molar-refractivity contribution in [3.8, 4) is 0 Å². The molecule has 0 saturated heterocycles. The van der Waals surface area contributed by atoms with Gasteiger partial charge < -0.3 is 21.3 Å². The molecule has 266 valence electrons. The maximum Gasteiger partial charge on any atom is 0.263 e. The number of carbonyl (C=O) groups excluding carboxylic acids is 1. The third-order valence-corrected chi connectivity index (χ3v) is 11.3. The molecule has 0 bridgehead atoms. The number of rotatable bonds is 14. The lowest BCUT2D eigenvalue weighted by atomic mass is 9.81.